The fourth-order valence-electron chi connectivity index (χ4n) is 3.11. The van der Waals surface area contributed by atoms with Crippen LogP contribution < -0.4 is 9.64 Å². The van der Waals surface area contributed by atoms with Crippen LogP contribution in [0.1, 0.15) is 34.2 Å². The Morgan fingerprint density at radius 2 is 1.74 bits per heavy atom. The van der Waals surface area contributed by atoms with Crippen molar-refractivity contribution >= 4 is 11.6 Å². The maximum Gasteiger partial charge on any atom is 0.258 e. The van der Waals surface area contributed by atoms with Gasteiger partial charge in [-0.15, -0.1) is 0 Å². The fraction of sp³-hybridized carbons (Fsp3) is 0.273. The molecule has 1 heterocycles. The molecule has 0 N–H and O–H groups in total. The molecule has 0 saturated heterocycles. The van der Waals surface area contributed by atoms with Crippen LogP contribution in [0, 0.1) is 13.8 Å². The van der Waals surface area contributed by atoms with Gasteiger partial charge in [0.2, 0.25) is 0 Å². The molecule has 1 aromatic heterocycles. The first kappa shape index (κ1) is 18.7. The summed E-state index contributed by atoms with van der Waals surface area (Å²) in [5, 5.41) is 4.48. The molecule has 5 heteroatoms. The van der Waals surface area contributed by atoms with Crippen molar-refractivity contribution in [1.82, 2.24) is 9.78 Å². The summed E-state index contributed by atoms with van der Waals surface area (Å²) < 4.78 is 7.34. The number of anilines is 1. The van der Waals surface area contributed by atoms with Crippen molar-refractivity contribution in [3.63, 3.8) is 0 Å². The molecule has 0 aliphatic carbocycles. The van der Waals surface area contributed by atoms with E-state index in [0.717, 1.165) is 28.4 Å². The maximum absolute atomic E-state index is 13.3. The van der Waals surface area contributed by atoms with Gasteiger partial charge in [-0.3, -0.25) is 9.48 Å². The topological polar surface area (TPSA) is 47.4 Å². The van der Waals surface area contributed by atoms with Crippen LogP contribution in [-0.2, 0) is 13.6 Å². The van der Waals surface area contributed by atoms with E-state index in [1.165, 1.54) is 0 Å². The van der Waals surface area contributed by atoms with E-state index in [2.05, 4.69) is 5.10 Å². The van der Waals surface area contributed by atoms with Crippen LogP contribution in [0.4, 0.5) is 5.69 Å². The summed E-state index contributed by atoms with van der Waals surface area (Å²) in [7, 11) is 1.92. The van der Waals surface area contributed by atoms with E-state index in [-0.39, 0.29) is 5.91 Å². The van der Waals surface area contributed by atoms with Crippen molar-refractivity contribution in [3.05, 3.63) is 77.1 Å². The Hall–Kier alpha value is -3.08. The average Bonchev–Trinajstić information content (AvgIpc) is 2.92. The number of rotatable bonds is 6. The van der Waals surface area contributed by atoms with Crippen molar-refractivity contribution in [2.75, 3.05) is 11.5 Å². The zero-order chi connectivity index (χ0) is 19.4. The van der Waals surface area contributed by atoms with Gasteiger partial charge in [-0.2, -0.15) is 5.10 Å². The zero-order valence-corrected chi connectivity index (χ0v) is 16.3. The molecule has 2 aromatic carbocycles. The molecule has 27 heavy (non-hydrogen) atoms. The standard InChI is InChI=1S/C22H25N3O2/c1-5-27-20-13-11-18(12-14-20)22(26)25(19-9-7-6-8-10-19)15-21-16(2)23-24(4)17(21)3/h6-14H,5,15H2,1-4H3. The van der Waals surface area contributed by atoms with Crippen molar-refractivity contribution in [2.24, 2.45) is 7.05 Å². The molecule has 0 radical (unpaired) electrons. The lowest BCUT2D eigenvalue weighted by Gasteiger charge is -2.23. The summed E-state index contributed by atoms with van der Waals surface area (Å²) >= 11 is 0. The highest BCUT2D eigenvalue weighted by atomic mass is 16.5. The van der Waals surface area contributed by atoms with E-state index >= 15 is 0 Å². The molecule has 0 saturated carbocycles. The molecule has 0 unspecified atom stereocenters. The van der Waals surface area contributed by atoms with Crippen LogP contribution in [0.3, 0.4) is 0 Å². The van der Waals surface area contributed by atoms with Gasteiger partial charge in [0.05, 0.1) is 18.8 Å². The average molecular weight is 363 g/mol. The smallest absolute Gasteiger partial charge is 0.258 e. The number of aryl methyl sites for hydroxylation is 2. The highest BCUT2D eigenvalue weighted by molar-refractivity contribution is 6.06. The second kappa shape index (κ2) is 8.08. The van der Waals surface area contributed by atoms with Crippen molar-refractivity contribution in [2.45, 2.75) is 27.3 Å². The van der Waals surface area contributed by atoms with Gasteiger partial charge in [-0.05, 0) is 57.2 Å². The number of benzene rings is 2. The molecule has 5 nitrogen and oxygen atoms in total. The third kappa shape index (κ3) is 4.03. The van der Waals surface area contributed by atoms with Crippen molar-refractivity contribution in [1.29, 1.82) is 0 Å². The summed E-state index contributed by atoms with van der Waals surface area (Å²) in [6.45, 7) is 7.02. The Morgan fingerprint density at radius 1 is 1.07 bits per heavy atom. The largest absolute Gasteiger partial charge is 0.494 e. The molecule has 0 fully saturated rings. The third-order valence-electron chi connectivity index (χ3n) is 4.70. The molecule has 140 valence electrons. The maximum atomic E-state index is 13.3. The molecule has 1 amide bonds. The highest BCUT2D eigenvalue weighted by Crippen LogP contribution is 2.23. The number of hydrogen-bond donors (Lipinski definition) is 0. The Kier molecular flexibility index (Phi) is 5.60. The SMILES string of the molecule is CCOc1ccc(C(=O)N(Cc2c(C)nn(C)c2C)c2ccccc2)cc1. The van der Waals surface area contributed by atoms with Crippen LogP contribution in [0.25, 0.3) is 0 Å². The molecule has 0 atom stereocenters. The Labute approximate surface area is 160 Å². The minimum Gasteiger partial charge on any atom is -0.494 e. The fourth-order valence-corrected chi connectivity index (χ4v) is 3.11. The summed E-state index contributed by atoms with van der Waals surface area (Å²) in [6.07, 6.45) is 0. The van der Waals surface area contributed by atoms with E-state index < -0.39 is 0 Å². The van der Waals surface area contributed by atoms with E-state index in [1.54, 1.807) is 4.90 Å². The first-order chi connectivity index (χ1) is 13.0. The van der Waals surface area contributed by atoms with Crippen LogP contribution >= 0.6 is 0 Å². The number of nitrogens with zero attached hydrogens (tertiary/aromatic N) is 3. The molecule has 0 bridgehead atoms. The Bertz CT molecular complexity index is 915. The molecule has 0 aliphatic heterocycles. The normalized spacial score (nSPS) is 10.7. The number of carbonyl (C=O) groups is 1. The first-order valence-corrected chi connectivity index (χ1v) is 9.10. The molecule has 0 spiro atoms. The Balaban J connectivity index is 1.96. The van der Waals surface area contributed by atoms with Crippen LogP contribution in [-0.4, -0.2) is 22.3 Å². The lowest BCUT2D eigenvalue weighted by Crippen LogP contribution is -2.30. The van der Waals surface area contributed by atoms with Gasteiger partial charge < -0.3 is 9.64 Å². The van der Waals surface area contributed by atoms with E-state index in [4.69, 9.17) is 4.74 Å². The quantitative estimate of drug-likeness (QED) is 0.657. The minimum absolute atomic E-state index is 0.0492. The monoisotopic (exact) mass is 363 g/mol. The van der Waals surface area contributed by atoms with E-state index in [1.807, 2.05) is 87.1 Å². The van der Waals surface area contributed by atoms with Gasteiger partial charge in [-0.25, -0.2) is 0 Å². The Morgan fingerprint density at radius 3 is 2.30 bits per heavy atom. The summed E-state index contributed by atoms with van der Waals surface area (Å²) in [5.41, 5.74) is 4.56. The molecule has 0 aliphatic rings. The second-order valence-corrected chi connectivity index (χ2v) is 6.46. The predicted octanol–water partition coefficient (Wildman–Crippen LogP) is 4.28. The number of amides is 1. The van der Waals surface area contributed by atoms with Gasteiger partial charge in [0.25, 0.3) is 5.91 Å². The van der Waals surface area contributed by atoms with Crippen molar-refractivity contribution in [3.8, 4) is 5.75 Å². The summed E-state index contributed by atoms with van der Waals surface area (Å²) in [6, 6.07) is 17.0. The van der Waals surface area contributed by atoms with Crippen LogP contribution in [0.15, 0.2) is 54.6 Å². The number of carbonyl (C=O) groups excluding carboxylic acids is 1. The molecular formula is C22H25N3O2. The summed E-state index contributed by atoms with van der Waals surface area (Å²) in [4.78, 5) is 15.1. The van der Waals surface area contributed by atoms with Gasteiger partial charge in [0.1, 0.15) is 5.75 Å². The second-order valence-electron chi connectivity index (χ2n) is 6.46. The van der Waals surface area contributed by atoms with Gasteiger partial charge in [0.15, 0.2) is 0 Å². The van der Waals surface area contributed by atoms with E-state index in [0.29, 0.717) is 18.7 Å². The first-order valence-electron chi connectivity index (χ1n) is 9.10. The van der Waals surface area contributed by atoms with Gasteiger partial charge in [-0.1, -0.05) is 18.2 Å². The predicted molar refractivity (Wildman–Crippen MR) is 107 cm³/mol. The number of aromatic nitrogens is 2. The molecule has 3 rings (SSSR count). The van der Waals surface area contributed by atoms with Crippen LogP contribution in [0.5, 0.6) is 5.75 Å². The molecule has 3 aromatic rings. The summed E-state index contributed by atoms with van der Waals surface area (Å²) in [5.74, 6) is 0.714. The lowest BCUT2D eigenvalue weighted by atomic mass is 10.1. The lowest BCUT2D eigenvalue weighted by molar-refractivity contribution is 0.0985. The number of hydrogen-bond acceptors (Lipinski definition) is 3. The number of ether oxygens (including phenoxy) is 1. The minimum atomic E-state index is -0.0492. The van der Waals surface area contributed by atoms with Crippen molar-refractivity contribution < 1.29 is 9.53 Å². The van der Waals surface area contributed by atoms with Crippen LogP contribution in [0.2, 0.25) is 0 Å². The van der Waals surface area contributed by atoms with E-state index in [9.17, 15) is 4.79 Å². The third-order valence-corrected chi connectivity index (χ3v) is 4.70. The molecular weight excluding hydrogens is 338 g/mol. The van der Waals surface area contributed by atoms with Gasteiger partial charge in [0, 0.05) is 29.6 Å². The van der Waals surface area contributed by atoms with Gasteiger partial charge >= 0.3 is 0 Å². The zero-order valence-electron chi connectivity index (χ0n) is 16.3. The number of para-hydroxylation sites is 1. The highest BCUT2D eigenvalue weighted by Gasteiger charge is 2.21.